The first-order chi connectivity index (χ1) is 7.82. The molecule has 2 unspecified atom stereocenters. The highest BCUT2D eigenvalue weighted by molar-refractivity contribution is 5.83. The molecule has 100 valence electrons. The Kier molecular flexibility index (Phi) is 6.16. The van der Waals surface area contributed by atoms with Gasteiger partial charge in [0.15, 0.2) is 0 Å². The van der Waals surface area contributed by atoms with Crippen LogP contribution in [0.2, 0.25) is 0 Å². The number of rotatable bonds is 6. The minimum Gasteiger partial charge on any atom is -0.359 e. The molecule has 5 heteroatoms. The molecule has 2 amide bonds. The van der Waals surface area contributed by atoms with Crippen LogP contribution in [-0.4, -0.2) is 43.9 Å². The molecule has 0 aromatic heterocycles. The van der Waals surface area contributed by atoms with Gasteiger partial charge in [0.2, 0.25) is 11.8 Å². The smallest absolute Gasteiger partial charge is 0.229 e. The molecule has 0 aliphatic heterocycles. The Morgan fingerprint density at radius 2 is 2.00 bits per heavy atom. The summed E-state index contributed by atoms with van der Waals surface area (Å²) in [5.41, 5.74) is 5.12. The number of nitrogens with two attached hydrogens (primary N) is 1. The Hall–Kier alpha value is -1.10. The van der Waals surface area contributed by atoms with Crippen molar-refractivity contribution in [1.29, 1.82) is 0 Å². The topological polar surface area (TPSA) is 75.4 Å². The first kappa shape index (κ1) is 15.9. The maximum Gasteiger partial charge on any atom is 0.229 e. The standard InChI is InChI=1S/C12H25N3O2/c1-6-12(3,8-13)11(17)15(5)7-9(2)10(16)14-4/h9H,6-8,13H2,1-5H3,(H,14,16). The fraction of sp³-hybridized carbons (Fsp3) is 0.833. The van der Waals surface area contributed by atoms with Crippen molar-refractivity contribution >= 4 is 11.8 Å². The van der Waals surface area contributed by atoms with Crippen LogP contribution in [0.25, 0.3) is 0 Å². The highest BCUT2D eigenvalue weighted by Crippen LogP contribution is 2.22. The van der Waals surface area contributed by atoms with E-state index in [9.17, 15) is 9.59 Å². The van der Waals surface area contributed by atoms with Crippen LogP contribution in [0.3, 0.4) is 0 Å². The fourth-order valence-electron chi connectivity index (χ4n) is 1.67. The largest absolute Gasteiger partial charge is 0.359 e. The number of amides is 2. The van der Waals surface area contributed by atoms with Crippen molar-refractivity contribution in [3.05, 3.63) is 0 Å². The van der Waals surface area contributed by atoms with Crippen LogP contribution in [0, 0.1) is 11.3 Å². The number of carbonyl (C=O) groups is 2. The number of carbonyl (C=O) groups excluding carboxylic acids is 2. The Morgan fingerprint density at radius 3 is 2.35 bits per heavy atom. The Balaban J connectivity index is 4.56. The lowest BCUT2D eigenvalue weighted by atomic mass is 9.86. The average molecular weight is 243 g/mol. The van der Waals surface area contributed by atoms with E-state index in [1.165, 1.54) is 0 Å². The van der Waals surface area contributed by atoms with Crippen molar-refractivity contribution in [3.8, 4) is 0 Å². The van der Waals surface area contributed by atoms with E-state index in [1.807, 2.05) is 13.8 Å². The van der Waals surface area contributed by atoms with Crippen LogP contribution in [0.1, 0.15) is 27.2 Å². The summed E-state index contributed by atoms with van der Waals surface area (Å²) in [7, 11) is 3.31. The minimum absolute atomic E-state index is 0.00162. The number of nitrogens with zero attached hydrogens (tertiary/aromatic N) is 1. The summed E-state index contributed by atoms with van der Waals surface area (Å²) in [6.45, 7) is 6.33. The van der Waals surface area contributed by atoms with Gasteiger partial charge in [0.05, 0.1) is 11.3 Å². The number of hydrogen-bond donors (Lipinski definition) is 2. The molecule has 0 heterocycles. The van der Waals surface area contributed by atoms with Crippen LogP contribution < -0.4 is 11.1 Å². The van der Waals surface area contributed by atoms with E-state index >= 15 is 0 Å². The molecule has 0 bridgehead atoms. The van der Waals surface area contributed by atoms with Crippen LogP contribution in [0.5, 0.6) is 0 Å². The average Bonchev–Trinajstić information content (AvgIpc) is 2.35. The van der Waals surface area contributed by atoms with Crippen molar-refractivity contribution in [2.75, 3.05) is 27.2 Å². The van der Waals surface area contributed by atoms with Crippen molar-refractivity contribution in [2.24, 2.45) is 17.1 Å². The van der Waals surface area contributed by atoms with E-state index in [0.29, 0.717) is 19.5 Å². The van der Waals surface area contributed by atoms with Crippen molar-refractivity contribution in [1.82, 2.24) is 10.2 Å². The maximum atomic E-state index is 12.2. The molecule has 2 atom stereocenters. The second-order valence-corrected chi connectivity index (χ2v) is 4.82. The van der Waals surface area contributed by atoms with Crippen molar-refractivity contribution in [3.63, 3.8) is 0 Å². The zero-order valence-electron chi connectivity index (χ0n) is 11.5. The zero-order valence-corrected chi connectivity index (χ0v) is 11.5. The van der Waals surface area contributed by atoms with Gasteiger partial charge in [0.25, 0.3) is 0 Å². The first-order valence-electron chi connectivity index (χ1n) is 5.99. The van der Waals surface area contributed by atoms with Crippen molar-refractivity contribution in [2.45, 2.75) is 27.2 Å². The third-order valence-corrected chi connectivity index (χ3v) is 3.34. The molecule has 0 radical (unpaired) electrons. The fourth-order valence-corrected chi connectivity index (χ4v) is 1.67. The molecule has 0 aromatic rings. The van der Waals surface area contributed by atoms with Gasteiger partial charge in [-0.1, -0.05) is 13.8 Å². The minimum atomic E-state index is -0.531. The van der Waals surface area contributed by atoms with Crippen molar-refractivity contribution < 1.29 is 9.59 Å². The lowest BCUT2D eigenvalue weighted by Crippen LogP contribution is -2.47. The summed E-state index contributed by atoms with van der Waals surface area (Å²) in [6.07, 6.45) is 0.695. The number of nitrogens with one attached hydrogen (secondary N) is 1. The van der Waals surface area contributed by atoms with E-state index in [2.05, 4.69) is 5.32 Å². The summed E-state index contributed by atoms with van der Waals surface area (Å²) < 4.78 is 0. The molecule has 0 aliphatic carbocycles. The third kappa shape index (κ3) is 4.00. The molecule has 3 N–H and O–H groups in total. The number of hydrogen-bond acceptors (Lipinski definition) is 3. The highest BCUT2D eigenvalue weighted by atomic mass is 16.2. The van der Waals surface area contributed by atoms with E-state index in [0.717, 1.165) is 0 Å². The van der Waals surface area contributed by atoms with Gasteiger partial charge in [-0.15, -0.1) is 0 Å². The van der Waals surface area contributed by atoms with Crippen LogP contribution >= 0.6 is 0 Å². The van der Waals surface area contributed by atoms with E-state index in [-0.39, 0.29) is 17.7 Å². The molecule has 0 saturated carbocycles. The molecular weight excluding hydrogens is 218 g/mol. The SMILES string of the molecule is CCC(C)(CN)C(=O)N(C)CC(C)C(=O)NC. The zero-order chi connectivity index (χ0) is 13.6. The Bertz CT molecular complexity index is 275. The van der Waals surface area contributed by atoms with Gasteiger partial charge in [-0.2, -0.15) is 0 Å². The Morgan fingerprint density at radius 1 is 1.47 bits per heavy atom. The predicted molar refractivity (Wildman–Crippen MR) is 68.3 cm³/mol. The summed E-state index contributed by atoms with van der Waals surface area (Å²) in [5.74, 6) is -0.276. The quantitative estimate of drug-likeness (QED) is 0.700. The lowest BCUT2D eigenvalue weighted by Gasteiger charge is -2.31. The van der Waals surface area contributed by atoms with Crippen LogP contribution in [-0.2, 0) is 9.59 Å². The highest BCUT2D eigenvalue weighted by Gasteiger charge is 2.33. The van der Waals surface area contributed by atoms with E-state index in [4.69, 9.17) is 5.73 Å². The van der Waals surface area contributed by atoms with Gasteiger partial charge < -0.3 is 16.0 Å². The second kappa shape index (κ2) is 6.59. The molecule has 0 fully saturated rings. The third-order valence-electron chi connectivity index (χ3n) is 3.34. The van der Waals surface area contributed by atoms with Gasteiger partial charge in [-0.3, -0.25) is 9.59 Å². The summed E-state index contributed by atoms with van der Waals surface area (Å²) in [4.78, 5) is 25.2. The maximum absolute atomic E-state index is 12.2. The van der Waals surface area contributed by atoms with E-state index in [1.54, 1.807) is 25.9 Å². The van der Waals surface area contributed by atoms with Gasteiger partial charge >= 0.3 is 0 Å². The molecular formula is C12H25N3O2. The monoisotopic (exact) mass is 243 g/mol. The molecule has 0 spiro atoms. The molecule has 0 aliphatic rings. The predicted octanol–water partition coefficient (Wildman–Crippen LogP) is 0.202. The summed E-state index contributed by atoms with van der Waals surface area (Å²) >= 11 is 0. The molecule has 0 rings (SSSR count). The normalized spacial score (nSPS) is 15.9. The summed E-state index contributed by atoms with van der Waals surface area (Å²) in [6, 6.07) is 0. The van der Waals surface area contributed by atoms with Gasteiger partial charge in [0.1, 0.15) is 0 Å². The molecule has 0 saturated heterocycles. The van der Waals surface area contributed by atoms with Crippen LogP contribution in [0.4, 0.5) is 0 Å². The van der Waals surface area contributed by atoms with Crippen LogP contribution in [0.15, 0.2) is 0 Å². The molecule has 0 aromatic carbocycles. The Labute approximate surface area is 104 Å². The first-order valence-corrected chi connectivity index (χ1v) is 5.99. The lowest BCUT2D eigenvalue weighted by molar-refractivity contribution is -0.140. The second-order valence-electron chi connectivity index (χ2n) is 4.82. The molecule has 17 heavy (non-hydrogen) atoms. The van der Waals surface area contributed by atoms with Gasteiger partial charge in [0, 0.05) is 27.2 Å². The molecule has 5 nitrogen and oxygen atoms in total. The summed E-state index contributed by atoms with van der Waals surface area (Å²) in [5, 5.41) is 2.57. The van der Waals surface area contributed by atoms with E-state index < -0.39 is 5.41 Å². The van der Waals surface area contributed by atoms with Gasteiger partial charge in [-0.25, -0.2) is 0 Å². The van der Waals surface area contributed by atoms with Gasteiger partial charge in [-0.05, 0) is 13.3 Å².